The van der Waals surface area contributed by atoms with Gasteiger partial charge in [0, 0.05) is 9.89 Å². The van der Waals surface area contributed by atoms with Crippen LogP contribution in [0.5, 0.6) is 0 Å². The van der Waals surface area contributed by atoms with Crippen molar-refractivity contribution in [3.05, 3.63) is 38.8 Å². The Labute approximate surface area is 135 Å². The molecule has 7 heteroatoms. The van der Waals surface area contributed by atoms with Gasteiger partial charge in [0.05, 0.1) is 16.9 Å². The number of carbonyl (C=O) groups is 1. The summed E-state index contributed by atoms with van der Waals surface area (Å²) in [5.41, 5.74) is 1.25. The molecule has 0 aliphatic carbocycles. The first-order valence-electron chi connectivity index (χ1n) is 6.17. The van der Waals surface area contributed by atoms with E-state index in [0.717, 1.165) is 16.0 Å². The summed E-state index contributed by atoms with van der Waals surface area (Å²) < 4.78 is 4.65. The van der Waals surface area contributed by atoms with Crippen LogP contribution in [0.15, 0.2) is 22.7 Å². The molecule has 21 heavy (non-hydrogen) atoms. The summed E-state index contributed by atoms with van der Waals surface area (Å²) in [5.74, 6) is -0.297. The van der Waals surface area contributed by atoms with Gasteiger partial charge >= 0.3 is 0 Å². The highest BCUT2D eigenvalue weighted by Crippen LogP contribution is 2.27. The minimum atomic E-state index is -0.297. The fourth-order valence-electron chi connectivity index (χ4n) is 1.73. The average Bonchev–Trinajstić information content (AvgIpc) is 2.90. The van der Waals surface area contributed by atoms with Crippen molar-refractivity contribution in [1.82, 2.24) is 9.59 Å². The number of rotatable bonds is 2. The van der Waals surface area contributed by atoms with Gasteiger partial charge in [0.15, 0.2) is 0 Å². The monoisotopic (exact) mass is 364 g/mol. The van der Waals surface area contributed by atoms with Gasteiger partial charge in [-0.25, -0.2) is 0 Å². The number of benzene rings is 1. The van der Waals surface area contributed by atoms with E-state index in [1.165, 1.54) is 0 Å². The van der Waals surface area contributed by atoms with Crippen LogP contribution < -0.4 is 5.32 Å². The molecule has 0 fully saturated rings. The van der Waals surface area contributed by atoms with Crippen molar-refractivity contribution in [2.45, 2.75) is 26.2 Å². The quantitative estimate of drug-likeness (QED) is 0.880. The van der Waals surface area contributed by atoms with Crippen LogP contribution in [-0.4, -0.2) is 15.5 Å². The predicted molar refractivity (Wildman–Crippen MR) is 85.4 cm³/mol. The van der Waals surface area contributed by atoms with E-state index in [1.54, 1.807) is 18.2 Å². The van der Waals surface area contributed by atoms with Crippen molar-refractivity contribution >= 4 is 39.1 Å². The Morgan fingerprint density at radius 2 is 2.14 bits per heavy atom. The van der Waals surface area contributed by atoms with Crippen LogP contribution in [-0.2, 0) is 5.41 Å². The Morgan fingerprint density at radius 3 is 2.76 bits per heavy atom. The van der Waals surface area contributed by atoms with Crippen LogP contribution >= 0.6 is 27.5 Å². The number of hydrogen-bond donors (Lipinski definition) is 1. The van der Waals surface area contributed by atoms with E-state index in [0.29, 0.717) is 21.8 Å². The van der Waals surface area contributed by atoms with Gasteiger partial charge in [-0.2, -0.15) is 5.26 Å². The number of hydrogen-bond acceptors (Lipinski definition) is 5. The molecule has 1 aromatic carbocycles. The molecular formula is C14H13BrN4OS. The summed E-state index contributed by atoms with van der Waals surface area (Å²) in [7, 11) is 0. The van der Waals surface area contributed by atoms with E-state index in [9.17, 15) is 4.79 Å². The summed E-state index contributed by atoms with van der Waals surface area (Å²) >= 11 is 4.35. The third-order valence-electron chi connectivity index (χ3n) is 2.75. The second-order valence-electron chi connectivity index (χ2n) is 5.46. The Bertz CT molecular complexity index is 727. The smallest absolute Gasteiger partial charge is 0.269 e. The maximum absolute atomic E-state index is 12.4. The molecule has 0 saturated carbocycles. The maximum atomic E-state index is 12.4. The van der Waals surface area contributed by atoms with Crippen molar-refractivity contribution < 1.29 is 4.79 Å². The van der Waals surface area contributed by atoms with E-state index < -0.39 is 0 Å². The molecule has 0 spiro atoms. The van der Waals surface area contributed by atoms with E-state index in [-0.39, 0.29) is 11.3 Å². The Hall–Kier alpha value is -1.78. The third kappa shape index (κ3) is 3.46. The molecular weight excluding hydrogens is 352 g/mol. The van der Waals surface area contributed by atoms with Crippen LogP contribution in [0.2, 0.25) is 0 Å². The molecule has 0 saturated heterocycles. The van der Waals surface area contributed by atoms with E-state index in [4.69, 9.17) is 5.26 Å². The van der Waals surface area contributed by atoms with Crippen LogP contribution in [0.1, 0.15) is 41.7 Å². The predicted octanol–water partition coefficient (Wildman–Crippen LogP) is 3.72. The van der Waals surface area contributed by atoms with Crippen LogP contribution in [0, 0.1) is 11.3 Å². The number of carbonyl (C=O) groups excluding carboxylic acids is 1. The normalized spacial score (nSPS) is 11.0. The number of amides is 1. The summed E-state index contributed by atoms with van der Waals surface area (Å²) in [6, 6.07) is 7.17. The van der Waals surface area contributed by atoms with Gasteiger partial charge in [-0.3, -0.25) is 4.79 Å². The topological polar surface area (TPSA) is 78.7 Å². The fourth-order valence-corrected chi connectivity index (χ4v) is 2.86. The Morgan fingerprint density at radius 1 is 1.43 bits per heavy atom. The van der Waals surface area contributed by atoms with Crippen molar-refractivity contribution in [3.63, 3.8) is 0 Å². The SMILES string of the molecule is CC(C)(C)c1nnsc1C(=O)Nc1ccc(Br)cc1C#N. The van der Waals surface area contributed by atoms with E-state index >= 15 is 0 Å². The lowest BCUT2D eigenvalue weighted by atomic mass is 9.91. The molecule has 0 aliphatic rings. The average molecular weight is 365 g/mol. The molecule has 2 rings (SSSR count). The summed E-state index contributed by atoms with van der Waals surface area (Å²) in [6.07, 6.45) is 0. The lowest BCUT2D eigenvalue weighted by Gasteiger charge is -2.16. The van der Waals surface area contributed by atoms with Crippen LogP contribution in [0.25, 0.3) is 0 Å². The molecule has 1 aromatic heterocycles. The zero-order valence-electron chi connectivity index (χ0n) is 11.8. The standard InChI is InChI=1S/C14H13BrN4OS/c1-14(2,3)12-11(21-19-18-12)13(20)17-10-5-4-9(15)6-8(10)7-16/h4-6H,1-3H3,(H,17,20). The highest BCUT2D eigenvalue weighted by atomic mass is 79.9. The fraction of sp³-hybridized carbons (Fsp3) is 0.286. The minimum absolute atomic E-state index is 0.266. The number of nitrogens with zero attached hydrogens (tertiary/aromatic N) is 3. The minimum Gasteiger partial charge on any atom is -0.320 e. The molecule has 0 atom stereocenters. The van der Waals surface area contributed by atoms with E-state index in [2.05, 4.69) is 36.9 Å². The third-order valence-corrected chi connectivity index (χ3v) is 3.97. The summed E-state index contributed by atoms with van der Waals surface area (Å²) in [4.78, 5) is 12.9. The first kappa shape index (κ1) is 15.6. The zero-order valence-corrected chi connectivity index (χ0v) is 14.2. The molecule has 5 nitrogen and oxygen atoms in total. The first-order chi connectivity index (χ1) is 9.82. The van der Waals surface area contributed by atoms with Crippen molar-refractivity contribution in [2.24, 2.45) is 0 Å². The number of halogens is 1. The van der Waals surface area contributed by atoms with Gasteiger partial charge in [0.25, 0.3) is 5.91 Å². The Kier molecular flexibility index (Phi) is 4.40. The number of nitriles is 1. The number of aromatic nitrogens is 2. The lowest BCUT2D eigenvalue weighted by Crippen LogP contribution is -2.20. The van der Waals surface area contributed by atoms with Gasteiger partial charge < -0.3 is 5.32 Å². The maximum Gasteiger partial charge on any atom is 0.269 e. The van der Waals surface area contributed by atoms with Gasteiger partial charge in [-0.05, 0) is 29.7 Å². The summed E-state index contributed by atoms with van der Waals surface area (Å²) in [5, 5.41) is 15.9. The van der Waals surface area contributed by atoms with Gasteiger partial charge in [0.1, 0.15) is 10.9 Å². The zero-order chi connectivity index (χ0) is 15.6. The van der Waals surface area contributed by atoms with Crippen LogP contribution in [0.4, 0.5) is 5.69 Å². The lowest BCUT2D eigenvalue weighted by molar-refractivity contribution is 0.102. The molecule has 1 heterocycles. The molecule has 0 radical (unpaired) electrons. The highest BCUT2D eigenvalue weighted by molar-refractivity contribution is 9.10. The molecule has 1 N–H and O–H groups in total. The molecule has 0 aliphatic heterocycles. The van der Waals surface area contributed by atoms with Crippen molar-refractivity contribution in [3.8, 4) is 6.07 Å². The second kappa shape index (κ2) is 5.92. The van der Waals surface area contributed by atoms with Crippen molar-refractivity contribution in [2.75, 3.05) is 5.32 Å². The van der Waals surface area contributed by atoms with E-state index in [1.807, 2.05) is 20.8 Å². The van der Waals surface area contributed by atoms with Gasteiger partial charge in [0.2, 0.25) is 0 Å². The molecule has 2 aromatic rings. The molecule has 1 amide bonds. The van der Waals surface area contributed by atoms with Crippen molar-refractivity contribution in [1.29, 1.82) is 5.26 Å². The largest absolute Gasteiger partial charge is 0.320 e. The second-order valence-corrected chi connectivity index (χ2v) is 7.13. The number of anilines is 1. The molecule has 0 bridgehead atoms. The van der Waals surface area contributed by atoms with Gasteiger partial charge in [-0.15, -0.1) is 5.10 Å². The molecule has 108 valence electrons. The first-order valence-corrected chi connectivity index (χ1v) is 7.73. The Balaban J connectivity index is 2.32. The highest BCUT2D eigenvalue weighted by Gasteiger charge is 2.26. The summed E-state index contributed by atoms with van der Waals surface area (Å²) in [6.45, 7) is 5.92. The molecule has 0 unspecified atom stereocenters. The number of nitrogens with one attached hydrogen (secondary N) is 1. The van der Waals surface area contributed by atoms with Gasteiger partial charge in [-0.1, -0.05) is 41.2 Å². The van der Waals surface area contributed by atoms with Crippen LogP contribution in [0.3, 0.4) is 0 Å².